The van der Waals surface area contributed by atoms with Gasteiger partial charge in [-0.2, -0.15) is 0 Å². The zero-order chi connectivity index (χ0) is 20.9. The van der Waals surface area contributed by atoms with Crippen LogP contribution in [0.15, 0.2) is 76.2 Å². The van der Waals surface area contributed by atoms with Crippen LogP contribution < -0.4 is 9.62 Å². The van der Waals surface area contributed by atoms with Crippen molar-refractivity contribution >= 4 is 21.6 Å². The van der Waals surface area contributed by atoms with Crippen LogP contribution in [-0.2, 0) is 16.4 Å². The quantitative estimate of drug-likeness (QED) is 0.569. The second-order valence-electron chi connectivity index (χ2n) is 6.39. The average molecular weight is 416 g/mol. The van der Waals surface area contributed by atoms with Gasteiger partial charge >= 0.3 is 0 Å². The van der Waals surface area contributed by atoms with E-state index in [4.69, 9.17) is 4.42 Å². The molecule has 0 unspecified atom stereocenters. The molecule has 1 aromatic heterocycles. The van der Waals surface area contributed by atoms with E-state index in [0.717, 1.165) is 10.1 Å². The van der Waals surface area contributed by atoms with Crippen molar-refractivity contribution in [3.05, 3.63) is 84.1 Å². The van der Waals surface area contributed by atoms with Crippen LogP contribution in [0.25, 0.3) is 0 Å². The fraction of sp³-hybridized carbons (Fsp3) is 0.190. The SMILES string of the molecule is CN(c1ccccc1F)S(=O)(=O)c1cccc(C(=O)NCCCc2ccco2)c1. The van der Waals surface area contributed by atoms with Gasteiger partial charge in [0.2, 0.25) is 0 Å². The Hall–Kier alpha value is -3.13. The molecule has 1 amide bonds. The first-order chi connectivity index (χ1) is 13.9. The molecule has 0 spiro atoms. The van der Waals surface area contributed by atoms with E-state index in [1.807, 2.05) is 6.07 Å². The summed E-state index contributed by atoms with van der Waals surface area (Å²) in [5, 5.41) is 2.76. The van der Waals surface area contributed by atoms with Gasteiger partial charge in [-0.25, -0.2) is 12.8 Å². The minimum Gasteiger partial charge on any atom is -0.469 e. The van der Waals surface area contributed by atoms with Gasteiger partial charge in [0.05, 0.1) is 16.8 Å². The van der Waals surface area contributed by atoms with Crippen LogP contribution in [0.3, 0.4) is 0 Å². The van der Waals surface area contributed by atoms with Crippen molar-refractivity contribution in [2.75, 3.05) is 17.9 Å². The summed E-state index contributed by atoms with van der Waals surface area (Å²) in [6.07, 6.45) is 2.97. The molecule has 0 aliphatic carbocycles. The number of hydrogen-bond acceptors (Lipinski definition) is 4. The van der Waals surface area contributed by atoms with Crippen molar-refractivity contribution in [1.82, 2.24) is 5.32 Å². The largest absolute Gasteiger partial charge is 0.469 e. The van der Waals surface area contributed by atoms with Gasteiger partial charge in [-0.15, -0.1) is 0 Å². The smallest absolute Gasteiger partial charge is 0.264 e. The third-order valence-corrected chi connectivity index (χ3v) is 6.18. The van der Waals surface area contributed by atoms with Gasteiger partial charge < -0.3 is 9.73 Å². The van der Waals surface area contributed by atoms with Gasteiger partial charge in [0.1, 0.15) is 11.6 Å². The Labute approximate surface area is 169 Å². The Kier molecular flexibility index (Phi) is 6.33. The molecular formula is C21H21FN2O4S. The number of sulfonamides is 1. The summed E-state index contributed by atoms with van der Waals surface area (Å²) in [5.41, 5.74) is 0.145. The Bertz CT molecular complexity index is 1080. The van der Waals surface area contributed by atoms with E-state index in [0.29, 0.717) is 19.4 Å². The highest BCUT2D eigenvalue weighted by molar-refractivity contribution is 7.92. The first-order valence-electron chi connectivity index (χ1n) is 9.03. The lowest BCUT2D eigenvalue weighted by molar-refractivity contribution is 0.0953. The molecule has 3 aromatic rings. The summed E-state index contributed by atoms with van der Waals surface area (Å²) in [6.45, 7) is 0.422. The number of halogens is 1. The minimum absolute atomic E-state index is 0.0692. The Morgan fingerprint density at radius 2 is 1.90 bits per heavy atom. The summed E-state index contributed by atoms with van der Waals surface area (Å²) >= 11 is 0. The maximum absolute atomic E-state index is 14.0. The lowest BCUT2D eigenvalue weighted by Crippen LogP contribution is -2.28. The zero-order valence-corrected chi connectivity index (χ0v) is 16.7. The van der Waals surface area contributed by atoms with Crippen LogP contribution >= 0.6 is 0 Å². The number of aryl methyl sites for hydroxylation is 1. The van der Waals surface area contributed by atoms with Crippen LogP contribution in [0.2, 0.25) is 0 Å². The molecule has 1 heterocycles. The number of hydrogen-bond donors (Lipinski definition) is 1. The van der Waals surface area contributed by atoms with Gasteiger partial charge in [-0.1, -0.05) is 18.2 Å². The van der Waals surface area contributed by atoms with E-state index in [1.165, 1.54) is 49.5 Å². The summed E-state index contributed by atoms with van der Waals surface area (Å²) in [7, 11) is -2.75. The molecule has 0 aliphatic rings. The Morgan fingerprint density at radius 1 is 1.10 bits per heavy atom. The molecule has 0 bridgehead atoms. The van der Waals surface area contributed by atoms with Gasteiger partial charge in [0.25, 0.3) is 15.9 Å². The van der Waals surface area contributed by atoms with E-state index in [-0.39, 0.29) is 22.1 Å². The molecule has 6 nitrogen and oxygen atoms in total. The molecule has 0 radical (unpaired) electrons. The number of rotatable bonds is 8. The van der Waals surface area contributed by atoms with E-state index < -0.39 is 15.8 Å². The summed E-state index contributed by atoms with van der Waals surface area (Å²) in [4.78, 5) is 12.3. The normalized spacial score (nSPS) is 11.2. The van der Waals surface area contributed by atoms with Crippen LogP contribution in [0.5, 0.6) is 0 Å². The highest BCUT2D eigenvalue weighted by Gasteiger charge is 2.24. The molecule has 8 heteroatoms. The van der Waals surface area contributed by atoms with Gasteiger partial charge in [0.15, 0.2) is 0 Å². The van der Waals surface area contributed by atoms with E-state index in [2.05, 4.69) is 5.32 Å². The number of benzene rings is 2. The number of carbonyl (C=O) groups excluding carboxylic acids is 1. The zero-order valence-electron chi connectivity index (χ0n) is 15.8. The van der Waals surface area contributed by atoms with Crippen LogP contribution in [0.4, 0.5) is 10.1 Å². The Balaban J connectivity index is 1.69. The molecule has 0 saturated carbocycles. The van der Waals surface area contributed by atoms with Gasteiger partial charge in [0, 0.05) is 25.6 Å². The number of nitrogens with zero attached hydrogens (tertiary/aromatic N) is 1. The lowest BCUT2D eigenvalue weighted by Gasteiger charge is -2.20. The van der Waals surface area contributed by atoms with Gasteiger partial charge in [-0.05, 0) is 48.9 Å². The summed E-state index contributed by atoms with van der Waals surface area (Å²) < 4.78 is 45.8. The second kappa shape index (κ2) is 8.91. The standard InChI is InChI=1S/C21H21FN2O4S/c1-24(20-12-3-2-11-19(20)22)29(26,27)18-10-4-7-16(15-18)21(25)23-13-5-8-17-9-6-14-28-17/h2-4,6-7,9-12,14-15H,5,8,13H2,1H3,(H,23,25). The maximum Gasteiger partial charge on any atom is 0.264 e. The van der Waals surface area contributed by atoms with Crippen molar-refractivity contribution < 1.29 is 22.0 Å². The number of nitrogens with one attached hydrogen (secondary N) is 1. The fourth-order valence-corrected chi connectivity index (χ4v) is 4.06. The third-order valence-electron chi connectivity index (χ3n) is 4.41. The molecule has 29 heavy (non-hydrogen) atoms. The summed E-state index contributed by atoms with van der Waals surface area (Å²) in [6, 6.07) is 14.9. The van der Waals surface area contributed by atoms with E-state index in [9.17, 15) is 17.6 Å². The van der Waals surface area contributed by atoms with Crippen molar-refractivity contribution in [2.45, 2.75) is 17.7 Å². The minimum atomic E-state index is -4.02. The van der Waals surface area contributed by atoms with Crippen LogP contribution in [-0.4, -0.2) is 27.9 Å². The molecule has 2 aromatic carbocycles. The summed E-state index contributed by atoms with van der Waals surface area (Å²) in [5.74, 6) is -0.192. The fourth-order valence-electron chi connectivity index (χ4n) is 2.81. The van der Waals surface area contributed by atoms with Crippen molar-refractivity contribution in [1.29, 1.82) is 0 Å². The molecule has 0 saturated heterocycles. The van der Waals surface area contributed by atoms with Gasteiger partial charge in [-0.3, -0.25) is 9.10 Å². The topological polar surface area (TPSA) is 79.6 Å². The highest BCUT2D eigenvalue weighted by Crippen LogP contribution is 2.25. The monoisotopic (exact) mass is 416 g/mol. The number of amides is 1. The second-order valence-corrected chi connectivity index (χ2v) is 8.36. The lowest BCUT2D eigenvalue weighted by atomic mass is 10.2. The maximum atomic E-state index is 14.0. The van der Waals surface area contributed by atoms with E-state index in [1.54, 1.807) is 18.4 Å². The first kappa shape index (κ1) is 20.6. The number of para-hydroxylation sites is 1. The predicted molar refractivity (Wildman–Crippen MR) is 108 cm³/mol. The number of furan rings is 1. The Morgan fingerprint density at radius 3 is 2.62 bits per heavy atom. The predicted octanol–water partition coefficient (Wildman–Crippen LogP) is 3.61. The van der Waals surface area contributed by atoms with Crippen molar-refractivity contribution in [3.63, 3.8) is 0 Å². The van der Waals surface area contributed by atoms with Crippen LogP contribution in [0, 0.1) is 5.82 Å². The molecule has 1 N–H and O–H groups in total. The van der Waals surface area contributed by atoms with Crippen LogP contribution in [0.1, 0.15) is 22.5 Å². The molecular weight excluding hydrogens is 395 g/mol. The molecule has 0 aliphatic heterocycles. The highest BCUT2D eigenvalue weighted by atomic mass is 32.2. The van der Waals surface area contributed by atoms with Crippen molar-refractivity contribution in [2.24, 2.45) is 0 Å². The molecule has 152 valence electrons. The van der Waals surface area contributed by atoms with Crippen molar-refractivity contribution in [3.8, 4) is 0 Å². The first-order valence-corrected chi connectivity index (χ1v) is 10.5. The van der Waals surface area contributed by atoms with E-state index >= 15 is 0 Å². The molecule has 0 atom stereocenters. The molecule has 0 fully saturated rings. The number of anilines is 1. The molecule has 3 rings (SSSR count). The third kappa shape index (κ3) is 4.83. The number of carbonyl (C=O) groups is 1. The average Bonchev–Trinajstić information content (AvgIpc) is 3.24.